The summed E-state index contributed by atoms with van der Waals surface area (Å²) in [6.07, 6.45) is 0. The highest BCUT2D eigenvalue weighted by atomic mass is 16.5. The first-order valence-corrected chi connectivity index (χ1v) is 7.58. The number of hydrogen-bond donors (Lipinski definition) is 2. The van der Waals surface area contributed by atoms with Crippen molar-refractivity contribution < 1.29 is 4.74 Å². The molecule has 0 fully saturated rings. The first-order valence-electron chi connectivity index (χ1n) is 7.58. The minimum Gasteiger partial charge on any atom is -0.497 e. The van der Waals surface area contributed by atoms with Gasteiger partial charge in [-0.25, -0.2) is 0 Å². The average molecular weight is 308 g/mol. The highest BCUT2D eigenvalue weighted by molar-refractivity contribution is 5.80. The predicted octanol–water partition coefficient (Wildman–Crippen LogP) is 3.77. The zero-order chi connectivity index (χ0) is 16.4. The molecule has 23 heavy (non-hydrogen) atoms. The SMILES string of the molecule is COc1cccc(NCc2cc3cc(C)c(C)cc3[nH]c2=O)c1. The molecule has 118 valence electrons. The maximum atomic E-state index is 12.3. The van der Waals surface area contributed by atoms with Crippen molar-refractivity contribution in [3.8, 4) is 5.75 Å². The van der Waals surface area contributed by atoms with Crippen molar-refractivity contribution in [2.24, 2.45) is 0 Å². The average Bonchev–Trinajstić information content (AvgIpc) is 2.55. The molecule has 3 rings (SSSR count). The molecule has 4 nitrogen and oxygen atoms in total. The Hall–Kier alpha value is -2.75. The van der Waals surface area contributed by atoms with Crippen LogP contribution in [0.3, 0.4) is 0 Å². The molecule has 1 heterocycles. The van der Waals surface area contributed by atoms with Gasteiger partial charge in [-0.1, -0.05) is 6.07 Å². The van der Waals surface area contributed by atoms with Gasteiger partial charge in [-0.2, -0.15) is 0 Å². The second-order valence-electron chi connectivity index (χ2n) is 5.73. The minimum atomic E-state index is -0.0591. The van der Waals surface area contributed by atoms with Crippen molar-refractivity contribution in [2.75, 3.05) is 12.4 Å². The summed E-state index contributed by atoms with van der Waals surface area (Å²) in [7, 11) is 1.64. The summed E-state index contributed by atoms with van der Waals surface area (Å²) in [5.41, 5.74) is 4.85. The number of aromatic amines is 1. The molecule has 2 N–H and O–H groups in total. The Morgan fingerprint density at radius 3 is 2.65 bits per heavy atom. The third-order valence-corrected chi connectivity index (χ3v) is 4.09. The summed E-state index contributed by atoms with van der Waals surface area (Å²) in [6, 6.07) is 13.7. The van der Waals surface area contributed by atoms with E-state index < -0.39 is 0 Å². The van der Waals surface area contributed by atoms with Crippen LogP contribution in [0.2, 0.25) is 0 Å². The minimum absolute atomic E-state index is 0.0591. The standard InChI is InChI=1S/C19H20N2O2/c1-12-7-14-9-15(19(22)21-18(14)8-13(12)2)11-20-16-5-4-6-17(10-16)23-3/h4-10,20H,11H2,1-3H3,(H,21,22). The van der Waals surface area contributed by atoms with Gasteiger partial charge in [0.05, 0.1) is 7.11 Å². The van der Waals surface area contributed by atoms with Crippen LogP contribution in [0.25, 0.3) is 10.9 Å². The van der Waals surface area contributed by atoms with Gasteiger partial charge in [-0.3, -0.25) is 4.79 Å². The molecule has 0 aliphatic carbocycles. The lowest BCUT2D eigenvalue weighted by Gasteiger charge is -2.09. The lowest BCUT2D eigenvalue weighted by Crippen LogP contribution is -2.15. The number of benzene rings is 2. The van der Waals surface area contributed by atoms with Crippen molar-refractivity contribution in [3.63, 3.8) is 0 Å². The highest BCUT2D eigenvalue weighted by Gasteiger charge is 2.05. The summed E-state index contributed by atoms with van der Waals surface area (Å²) in [4.78, 5) is 15.2. The molecular weight excluding hydrogens is 288 g/mol. The predicted molar refractivity (Wildman–Crippen MR) is 94.4 cm³/mol. The second kappa shape index (κ2) is 6.16. The molecule has 0 bridgehead atoms. The summed E-state index contributed by atoms with van der Waals surface area (Å²) >= 11 is 0. The molecule has 0 spiro atoms. The van der Waals surface area contributed by atoms with Crippen molar-refractivity contribution in [1.29, 1.82) is 0 Å². The van der Waals surface area contributed by atoms with Crippen LogP contribution in [0.4, 0.5) is 5.69 Å². The van der Waals surface area contributed by atoms with Crippen molar-refractivity contribution in [2.45, 2.75) is 20.4 Å². The summed E-state index contributed by atoms with van der Waals surface area (Å²) in [5.74, 6) is 0.786. The Balaban J connectivity index is 1.89. The molecule has 0 radical (unpaired) electrons. The lowest BCUT2D eigenvalue weighted by molar-refractivity contribution is 0.415. The van der Waals surface area contributed by atoms with Crippen molar-refractivity contribution >= 4 is 16.6 Å². The van der Waals surface area contributed by atoms with Crippen molar-refractivity contribution in [3.05, 3.63) is 69.5 Å². The van der Waals surface area contributed by atoms with E-state index in [1.807, 2.05) is 43.3 Å². The number of fused-ring (bicyclic) bond motifs is 1. The van der Waals surface area contributed by atoms with Crippen LogP contribution in [0, 0.1) is 13.8 Å². The van der Waals surface area contributed by atoms with Crippen molar-refractivity contribution in [1.82, 2.24) is 4.98 Å². The number of aryl methyl sites for hydroxylation is 2. The Morgan fingerprint density at radius 2 is 1.87 bits per heavy atom. The topological polar surface area (TPSA) is 54.1 Å². The maximum Gasteiger partial charge on any atom is 0.253 e. The van der Waals surface area contributed by atoms with Gasteiger partial charge in [0.1, 0.15) is 5.75 Å². The lowest BCUT2D eigenvalue weighted by atomic mass is 10.0. The fourth-order valence-corrected chi connectivity index (χ4v) is 2.58. The maximum absolute atomic E-state index is 12.3. The van der Waals surface area contributed by atoms with Crippen LogP contribution < -0.4 is 15.6 Å². The zero-order valence-corrected chi connectivity index (χ0v) is 13.6. The van der Waals surface area contributed by atoms with Gasteiger partial charge in [-0.05, 0) is 60.7 Å². The molecule has 0 saturated heterocycles. The first-order chi connectivity index (χ1) is 11.1. The Morgan fingerprint density at radius 1 is 1.09 bits per heavy atom. The molecule has 0 atom stereocenters. The first kappa shape index (κ1) is 15.2. The van der Waals surface area contributed by atoms with Gasteiger partial charge in [-0.15, -0.1) is 0 Å². The van der Waals surface area contributed by atoms with Gasteiger partial charge in [0.25, 0.3) is 5.56 Å². The highest BCUT2D eigenvalue weighted by Crippen LogP contribution is 2.19. The Bertz CT molecular complexity index is 913. The van der Waals surface area contributed by atoms with Gasteiger partial charge >= 0.3 is 0 Å². The monoisotopic (exact) mass is 308 g/mol. The number of H-pyrrole nitrogens is 1. The molecule has 0 unspecified atom stereocenters. The van der Waals surface area contributed by atoms with E-state index >= 15 is 0 Å². The number of ether oxygens (including phenoxy) is 1. The van der Waals surface area contributed by atoms with Gasteiger partial charge in [0, 0.05) is 29.4 Å². The summed E-state index contributed by atoms with van der Waals surface area (Å²) in [6.45, 7) is 4.59. The van der Waals surface area contributed by atoms with E-state index in [0.717, 1.165) is 22.3 Å². The van der Waals surface area contributed by atoms with E-state index in [4.69, 9.17) is 4.74 Å². The third-order valence-electron chi connectivity index (χ3n) is 4.09. The number of nitrogens with one attached hydrogen (secondary N) is 2. The molecule has 0 aliphatic heterocycles. The van der Waals surface area contributed by atoms with E-state index in [0.29, 0.717) is 12.1 Å². The van der Waals surface area contributed by atoms with Crippen LogP contribution in [-0.4, -0.2) is 12.1 Å². The smallest absolute Gasteiger partial charge is 0.253 e. The second-order valence-corrected chi connectivity index (χ2v) is 5.73. The largest absolute Gasteiger partial charge is 0.497 e. The van der Waals surface area contributed by atoms with E-state index in [9.17, 15) is 4.79 Å². The van der Waals surface area contributed by atoms with Crippen LogP contribution in [0.5, 0.6) is 5.75 Å². The van der Waals surface area contributed by atoms with E-state index in [2.05, 4.69) is 23.3 Å². The molecule has 0 saturated carbocycles. The number of pyridine rings is 1. The van der Waals surface area contributed by atoms with E-state index in [-0.39, 0.29) is 5.56 Å². The van der Waals surface area contributed by atoms with Crippen LogP contribution in [0.15, 0.2) is 47.3 Å². The number of aromatic nitrogens is 1. The Labute approximate surface area is 135 Å². The van der Waals surface area contributed by atoms with Crippen LogP contribution in [0.1, 0.15) is 16.7 Å². The Kier molecular flexibility index (Phi) is 4.06. The van der Waals surface area contributed by atoms with Crippen LogP contribution >= 0.6 is 0 Å². The van der Waals surface area contributed by atoms with Gasteiger partial charge < -0.3 is 15.0 Å². The molecule has 3 aromatic rings. The van der Waals surface area contributed by atoms with E-state index in [1.165, 1.54) is 11.1 Å². The van der Waals surface area contributed by atoms with Crippen LogP contribution in [-0.2, 0) is 6.54 Å². The zero-order valence-electron chi connectivity index (χ0n) is 13.6. The molecule has 4 heteroatoms. The number of methoxy groups -OCH3 is 1. The fourth-order valence-electron chi connectivity index (χ4n) is 2.58. The fraction of sp³-hybridized carbons (Fsp3) is 0.211. The van der Waals surface area contributed by atoms with E-state index in [1.54, 1.807) is 7.11 Å². The number of rotatable bonds is 4. The molecular formula is C19H20N2O2. The number of hydrogen-bond acceptors (Lipinski definition) is 3. The normalized spacial score (nSPS) is 10.7. The molecule has 1 aromatic heterocycles. The molecule has 2 aromatic carbocycles. The summed E-state index contributed by atoms with van der Waals surface area (Å²) in [5, 5.41) is 4.32. The number of anilines is 1. The van der Waals surface area contributed by atoms with Gasteiger partial charge in [0.15, 0.2) is 0 Å². The quantitative estimate of drug-likeness (QED) is 0.771. The third kappa shape index (κ3) is 3.21. The molecule has 0 amide bonds. The van der Waals surface area contributed by atoms with Gasteiger partial charge in [0.2, 0.25) is 0 Å². The molecule has 0 aliphatic rings. The summed E-state index contributed by atoms with van der Waals surface area (Å²) < 4.78 is 5.20.